The molecule has 4 aromatic rings. The number of ether oxygens (including phenoxy) is 2. The minimum absolute atomic E-state index is 0.0525. The fraction of sp³-hybridized carbons (Fsp3) is 0.524. The topological polar surface area (TPSA) is 258 Å². The van der Waals surface area contributed by atoms with E-state index in [9.17, 15) is 14.2 Å². The second kappa shape index (κ2) is 11.4. The van der Waals surface area contributed by atoms with Gasteiger partial charge < -0.3 is 26.0 Å². The summed E-state index contributed by atoms with van der Waals surface area (Å²) in [4.78, 5) is 24.3. The number of anilines is 2. The molecule has 24 heteroatoms. The first-order chi connectivity index (χ1) is 21.5. The second-order valence-electron chi connectivity index (χ2n) is 10.1. The number of alkyl halides is 1. The summed E-state index contributed by atoms with van der Waals surface area (Å²) in [5, 5.41) is 11.2. The van der Waals surface area contributed by atoms with Gasteiger partial charge >= 0.3 is 14.6 Å². The Morgan fingerprint density at radius 1 is 0.889 bits per heavy atom. The van der Waals surface area contributed by atoms with Crippen molar-refractivity contribution in [3.05, 3.63) is 25.3 Å². The fourth-order valence-electron chi connectivity index (χ4n) is 5.28. The van der Waals surface area contributed by atoms with Gasteiger partial charge in [0, 0.05) is 7.11 Å². The summed E-state index contributed by atoms with van der Waals surface area (Å²) in [5.41, 5.74) is 12.5. The molecule has 7 rings (SSSR count). The van der Waals surface area contributed by atoms with Gasteiger partial charge in [-0.25, -0.2) is 43.4 Å². The second-order valence-corrected chi connectivity index (χ2v) is 14.7. The summed E-state index contributed by atoms with van der Waals surface area (Å²) < 4.78 is 85.0. The first-order valence-electron chi connectivity index (χ1n) is 13.1. The molecule has 10 atom stereocenters. The van der Waals surface area contributed by atoms with Crippen molar-refractivity contribution in [2.45, 2.75) is 49.1 Å². The SMILES string of the molecule is COP1(=O)OC[C@H]2OC(n3cnc4c(N)ncnc43)[C@@H](OP(=O)(S)OCC3OC(n4cnc5c(N)ncnc54)C(F)[C@H]3O1)C2O. The number of thiol groups is 1. The fourth-order valence-corrected chi connectivity index (χ4v) is 7.87. The number of imidazole rings is 2. The van der Waals surface area contributed by atoms with Crippen molar-refractivity contribution in [1.29, 1.82) is 0 Å². The zero-order chi connectivity index (χ0) is 31.7. The van der Waals surface area contributed by atoms with Crippen molar-refractivity contribution in [1.82, 2.24) is 39.0 Å². The van der Waals surface area contributed by atoms with Gasteiger partial charge in [-0.3, -0.25) is 31.8 Å². The maximum atomic E-state index is 16.1. The molecule has 3 aliphatic rings. The molecule has 5 N–H and O–H groups in total. The number of hydrogen-bond donors (Lipinski definition) is 4. The van der Waals surface area contributed by atoms with Crippen LogP contribution < -0.4 is 11.5 Å². The predicted molar refractivity (Wildman–Crippen MR) is 151 cm³/mol. The number of hydrogen-bond acceptors (Lipinski definition) is 18. The molecule has 3 saturated heterocycles. The van der Waals surface area contributed by atoms with E-state index in [1.54, 1.807) is 0 Å². The van der Waals surface area contributed by atoms with Gasteiger partial charge in [-0.15, -0.1) is 0 Å². The third-order valence-electron chi connectivity index (χ3n) is 7.43. The number of phosphoric acid groups is 1. The summed E-state index contributed by atoms with van der Waals surface area (Å²) >= 11 is 4.08. The monoisotopic (exact) mass is 690 g/mol. The number of nitrogen functional groups attached to an aromatic ring is 2. The first-order valence-corrected chi connectivity index (χ1v) is 17.3. The van der Waals surface area contributed by atoms with Gasteiger partial charge in [0.15, 0.2) is 41.6 Å². The van der Waals surface area contributed by atoms with Gasteiger partial charge in [0.25, 0.3) is 0 Å². The summed E-state index contributed by atoms with van der Waals surface area (Å²) in [7, 11) is -3.54. The smallest absolute Gasteiger partial charge is 0.387 e. The van der Waals surface area contributed by atoms with Crippen LogP contribution in [0.5, 0.6) is 0 Å². The Bertz CT molecular complexity index is 1850. The number of aliphatic hydroxyl groups is 1. The lowest BCUT2D eigenvalue weighted by Crippen LogP contribution is -2.35. The molecule has 7 heterocycles. The van der Waals surface area contributed by atoms with Crippen molar-refractivity contribution < 1.29 is 50.7 Å². The molecule has 3 fully saturated rings. The van der Waals surface area contributed by atoms with Crippen LogP contribution in [0.4, 0.5) is 16.0 Å². The molecular formula is C21H25FN10O10P2S. The van der Waals surface area contributed by atoms with Gasteiger partial charge in [-0.05, 0) is 0 Å². The standard InChI is InChI=1S/C21H25FN10O10P2S/c1-36-43(34)37-2-8-13(33)15(21(39-8)32-7-30-12-17(24)26-5-28-19(12)32)42-44(35,45)38-3-9-14(41-43)10(22)20(40-9)31-6-29-11-16(23)25-4-27-18(11)31/h4-10,13-15,20-21,33H,2-3H2,1H3,(H,35,45)(H2,23,25,27)(H2,24,26,28)/t8-,9?,10?,13?,14+,15+,20?,21?,43?,44?/m1/s1. The molecule has 0 radical (unpaired) electrons. The first kappa shape index (κ1) is 30.8. The van der Waals surface area contributed by atoms with Gasteiger partial charge in [0.1, 0.15) is 54.2 Å². The molecule has 0 aliphatic carbocycles. The maximum Gasteiger partial charge on any atom is 0.475 e. The highest BCUT2D eigenvalue weighted by molar-refractivity contribution is 8.44. The minimum atomic E-state index is -4.57. The lowest BCUT2D eigenvalue weighted by molar-refractivity contribution is -0.0629. The largest absolute Gasteiger partial charge is 0.475 e. The Morgan fingerprint density at radius 2 is 1.47 bits per heavy atom. The molecule has 4 aromatic heterocycles. The Labute approximate surface area is 256 Å². The third-order valence-corrected chi connectivity index (χ3v) is 10.5. The molecule has 7 unspecified atom stereocenters. The highest BCUT2D eigenvalue weighted by Crippen LogP contribution is 2.59. The lowest BCUT2D eigenvalue weighted by atomic mass is 10.1. The van der Waals surface area contributed by atoms with Crippen LogP contribution in [0, 0.1) is 0 Å². The van der Waals surface area contributed by atoms with Crippen molar-refractivity contribution in [3.63, 3.8) is 0 Å². The van der Waals surface area contributed by atoms with E-state index >= 15 is 4.39 Å². The van der Waals surface area contributed by atoms with Crippen LogP contribution in [0.2, 0.25) is 0 Å². The van der Waals surface area contributed by atoms with E-state index in [0.29, 0.717) is 0 Å². The summed E-state index contributed by atoms with van der Waals surface area (Å²) in [6.45, 7) is -5.62. The molecule has 20 nitrogen and oxygen atoms in total. The van der Waals surface area contributed by atoms with Crippen LogP contribution in [0.25, 0.3) is 22.3 Å². The van der Waals surface area contributed by atoms with Crippen LogP contribution in [-0.2, 0) is 41.2 Å². The van der Waals surface area contributed by atoms with Gasteiger partial charge in [-0.2, -0.15) is 0 Å². The minimum Gasteiger partial charge on any atom is -0.387 e. The molecule has 3 aliphatic heterocycles. The summed E-state index contributed by atoms with van der Waals surface area (Å²) in [6.07, 6.45) is -7.11. The summed E-state index contributed by atoms with van der Waals surface area (Å²) in [6, 6.07) is 0. The Kier molecular flexibility index (Phi) is 7.81. The molecule has 0 saturated carbocycles. The van der Waals surface area contributed by atoms with Crippen molar-refractivity contribution in [2.24, 2.45) is 0 Å². The third kappa shape index (κ3) is 5.38. The van der Waals surface area contributed by atoms with Crippen molar-refractivity contribution in [3.8, 4) is 0 Å². The molecule has 242 valence electrons. The maximum absolute atomic E-state index is 16.1. The lowest BCUT2D eigenvalue weighted by Gasteiger charge is -2.26. The molecule has 2 bridgehead atoms. The number of nitrogens with zero attached hydrogens (tertiary/aromatic N) is 8. The predicted octanol–water partition coefficient (Wildman–Crippen LogP) is 0.934. The van der Waals surface area contributed by atoms with E-state index in [1.807, 2.05) is 0 Å². The average molecular weight is 691 g/mol. The number of phosphoric ester groups is 1. The van der Waals surface area contributed by atoms with Crippen LogP contribution in [-0.4, -0.2) is 101 Å². The highest BCUT2D eigenvalue weighted by Gasteiger charge is 2.54. The van der Waals surface area contributed by atoms with Crippen LogP contribution in [0.3, 0.4) is 0 Å². The zero-order valence-electron chi connectivity index (χ0n) is 22.9. The average Bonchev–Trinajstić information content (AvgIpc) is 3.77. The summed E-state index contributed by atoms with van der Waals surface area (Å²) in [5.74, 6) is 0.130. The van der Waals surface area contributed by atoms with E-state index < -0.39 is 77.0 Å². The number of nitrogens with two attached hydrogens (primary N) is 2. The number of aromatic nitrogens is 8. The number of halogens is 1. The zero-order valence-corrected chi connectivity index (χ0v) is 25.6. The molecule has 0 aromatic carbocycles. The Morgan fingerprint density at radius 3 is 2.09 bits per heavy atom. The van der Waals surface area contributed by atoms with Crippen LogP contribution >= 0.6 is 26.9 Å². The van der Waals surface area contributed by atoms with Gasteiger partial charge in [0.05, 0.1) is 25.9 Å². The van der Waals surface area contributed by atoms with Crippen LogP contribution in [0.15, 0.2) is 25.3 Å². The number of aliphatic hydroxyl groups excluding tert-OH is 1. The Hall–Kier alpha value is -2.88. The molecule has 0 spiro atoms. The Balaban J connectivity index is 1.22. The van der Waals surface area contributed by atoms with Crippen molar-refractivity contribution in [2.75, 3.05) is 31.8 Å². The van der Waals surface area contributed by atoms with E-state index in [-0.39, 0.29) is 34.0 Å². The van der Waals surface area contributed by atoms with Gasteiger partial charge in [0.2, 0.25) is 0 Å². The van der Waals surface area contributed by atoms with E-state index in [2.05, 4.69) is 42.2 Å². The van der Waals surface area contributed by atoms with E-state index in [1.165, 1.54) is 34.4 Å². The van der Waals surface area contributed by atoms with Gasteiger partial charge in [-0.1, -0.05) is 12.2 Å². The number of rotatable bonds is 3. The normalized spacial score (nSPS) is 37.7. The quantitative estimate of drug-likeness (QED) is 0.172. The van der Waals surface area contributed by atoms with Crippen molar-refractivity contribution >= 4 is 60.8 Å². The van der Waals surface area contributed by atoms with E-state index in [0.717, 1.165) is 7.11 Å². The number of fused-ring (bicyclic) bond motifs is 5. The molecular weight excluding hydrogens is 665 g/mol. The highest BCUT2D eigenvalue weighted by atomic mass is 32.7. The molecule has 45 heavy (non-hydrogen) atoms. The van der Waals surface area contributed by atoms with Crippen LogP contribution in [0.1, 0.15) is 12.5 Å². The molecule has 0 amide bonds. The van der Waals surface area contributed by atoms with E-state index in [4.69, 9.17) is 43.6 Å².